The average Bonchev–Trinajstić information content (AvgIpc) is 2.29. The second kappa shape index (κ2) is 5.40. The van der Waals surface area contributed by atoms with Gasteiger partial charge in [0.25, 0.3) is 0 Å². The van der Waals surface area contributed by atoms with Crippen molar-refractivity contribution in [3.63, 3.8) is 0 Å². The molecule has 0 bridgehead atoms. The Labute approximate surface area is 95.7 Å². The molecule has 2 nitrogen and oxygen atoms in total. The second-order valence-electron chi connectivity index (χ2n) is 4.23. The summed E-state index contributed by atoms with van der Waals surface area (Å²) in [7, 11) is 0. The predicted molar refractivity (Wildman–Crippen MR) is 65.9 cm³/mol. The summed E-state index contributed by atoms with van der Waals surface area (Å²) in [5.74, 6) is 2.12. The molecule has 1 aromatic rings. The summed E-state index contributed by atoms with van der Waals surface area (Å²) in [6.45, 7) is 0. The molecule has 0 unspecified atom stereocenters. The third-order valence-electron chi connectivity index (χ3n) is 3.01. The van der Waals surface area contributed by atoms with E-state index in [0.717, 1.165) is 11.6 Å². The summed E-state index contributed by atoms with van der Waals surface area (Å²) in [5, 5.41) is 0. The lowest BCUT2D eigenvalue weighted by Gasteiger charge is -2.21. The van der Waals surface area contributed by atoms with Gasteiger partial charge in [0.1, 0.15) is 0 Å². The van der Waals surface area contributed by atoms with Gasteiger partial charge >= 0.3 is 0 Å². The van der Waals surface area contributed by atoms with Crippen LogP contribution in [0.1, 0.15) is 32.1 Å². The maximum Gasteiger partial charge on any atom is 0.0638 e. The Bertz CT molecular complexity index is 308. The number of nitrogens with zero attached hydrogens (tertiary/aromatic N) is 1. The molecule has 15 heavy (non-hydrogen) atoms. The molecule has 2 N–H and O–H groups in total. The Morgan fingerprint density at radius 3 is 2.87 bits per heavy atom. The van der Waals surface area contributed by atoms with Gasteiger partial charge in [-0.2, -0.15) is 0 Å². The topological polar surface area (TPSA) is 38.9 Å². The molecule has 0 aliphatic heterocycles. The number of hydrogen-bond donors (Lipinski definition) is 1. The summed E-state index contributed by atoms with van der Waals surface area (Å²) < 4.78 is 0. The van der Waals surface area contributed by atoms with Gasteiger partial charge in [0.2, 0.25) is 0 Å². The van der Waals surface area contributed by atoms with Crippen molar-refractivity contribution in [1.29, 1.82) is 0 Å². The Hall–Kier alpha value is -0.700. The van der Waals surface area contributed by atoms with Gasteiger partial charge in [-0.25, -0.2) is 0 Å². The van der Waals surface area contributed by atoms with Gasteiger partial charge in [-0.3, -0.25) is 4.98 Å². The zero-order chi connectivity index (χ0) is 10.5. The van der Waals surface area contributed by atoms with Crippen LogP contribution in [0.5, 0.6) is 0 Å². The highest BCUT2D eigenvalue weighted by Gasteiger charge is 2.13. The van der Waals surface area contributed by atoms with Gasteiger partial charge in [0.05, 0.1) is 11.9 Å². The molecule has 0 amide bonds. The van der Waals surface area contributed by atoms with Crippen LogP contribution in [0, 0.1) is 5.92 Å². The zero-order valence-electron chi connectivity index (χ0n) is 8.98. The molecule has 1 aliphatic rings. The van der Waals surface area contributed by atoms with E-state index in [1.165, 1.54) is 42.8 Å². The molecule has 0 atom stereocenters. The van der Waals surface area contributed by atoms with Crippen LogP contribution in [0.15, 0.2) is 23.4 Å². The summed E-state index contributed by atoms with van der Waals surface area (Å²) >= 11 is 1.89. The van der Waals surface area contributed by atoms with E-state index in [0.29, 0.717) is 0 Å². The highest BCUT2D eigenvalue weighted by Crippen LogP contribution is 2.31. The normalized spacial score (nSPS) is 17.9. The molecule has 82 valence electrons. The van der Waals surface area contributed by atoms with Gasteiger partial charge < -0.3 is 5.73 Å². The highest BCUT2D eigenvalue weighted by atomic mass is 32.2. The number of thioether (sulfide) groups is 1. The minimum absolute atomic E-state index is 0.818. The van der Waals surface area contributed by atoms with Crippen molar-refractivity contribution in [1.82, 2.24) is 4.98 Å². The van der Waals surface area contributed by atoms with E-state index in [2.05, 4.69) is 4.98 Å². The lowest BCUT2D eigenvalue weighted by molar-refractivity contribution is 0.391. The molecule has 1 heterocycles. The lowest BCUT2D eigenvalue weighted by atomic mass is 9.91. The quantitative estimate of drug-likeness (QED) is 0.797. The standard InChI is InChI=1S/C12H18N2S/c13-11-8-14-7-6-12(11)15-9-10-4-2-1-3-5-10/h6-8,10H,1-5,9,13H2. The number of rotatable bonds is 3. The SMILES string of the molecule is Nc1cnccc1SCC1CCCCC1. The molecule has 2 rings (SSSR count). The van der Waals surface area contributed by atoms with Crippen molar-refractivity contribution < 1.29 is 0 Å². The minimum Gasteiger partial charge on any atom is -0.397 e. The fourth-order valence-corrected chi connectivity index (χ4v) is 3.21. The monoisotopic (exact) mass is 222 g/mol. The summed E-state index contributed by atoms with van der Waals surface area (Å²) in [6.07, 6.45) is 10.6. The van der Waals surface area contributed by atoms with E-state index < -0.39 is 0 Å². The molecule has 1 fully saturated rings. The largest absolute Gasteiger partial charge is 0.397 e. The van der Waals surface area contributed by atoms with Crippen molar-refractivity contribution in [3.8, 4) is 0 Å². The van der Waals surface area contributed by atoms with Crippen LogP contribution in [-0.2, 0) is 0 Å². The van der Waals surface area contributed by atoms with E-state index in [1.54, 1.807) is 6.20 Å². The molecule has 1 aromatic heterocycles. The van der Waals surface area contributed by atoms with Gasteiger partial charge in [0, 0.05) is 16.8 Å². The zero-order valence-corrected chi connectivity index (χ0v) is 9.80. The third-order valence-corrected chi connectivity index (χ3v) is 4.33. The van der Waals surface area contributed by atoms with Crippen molar-refractivity contribution in [2.24, 2.45) is 5.92 Å². The van der Waals surface area contributed by atoms with Crippen LogP contribution in [0.3, 0.4) is 0 Å². The first kappa shape index (κ1) is 10.8. The van der Waals surface area contributed by atoms with Gasteiger partial charge in [0.15, 0.2) is 0 Å². The number of aromatic nitrogens is 1. The predicted octanol–water partition coefficient (Wildman–Crippen LogP) is 3.34. The van der Waals surface area contributed by atoms with Crippen LogP contribution in [0.2, 0.25) is 0 Å². The Balaban J connectivity index is 1.84. The van der Waals surface area contributed by atoms with Crippen molar-refractivity contribution in [2.45, 2.75) is 37.0 Å². The van der Waals surface area contributed by atoms with Crippen molar-refractivity contribution in [3.05, 3.63) is 18.5 Å². The molecular formula is C12H18N2S. The van der Waals surface area contributed by atoms with Gasteiger partial charge in [-0.05, 0) is 24.8 Å². The molecule has 1 saturated carbocycles. The lowest BCUT2D eigenvalue weighted by Crippen LogP contribution is -2.08. The molecule has 0 aromatic carbocycles. The summed E-state index contributed by atoms with van der Waals surface area (Å²) in [4.78, 5) is 5.19. The maximum atomic E-state index is 5.85. The number of nitrogen functional groups attached to an aromatic ring is 1. The van der Waals surface area contributed by atoms with E-state index in [-0.39, 0.29) is 0 Å². The first-order valence-electron chi connectivity index (χ1n) is 5.68. The molecule has 3 heteroatoms. The summed E-state index contributed by atoms with van der Waals surface area (Å²) in [5.41, 5.74) is 6.67. The van der Waals surface area contributed by atoms with Crippen LogP contribution in [0.25, 0.3) is 0 Å². The fraction of sp³-hybridized carbons (Fsp3) is 0.583. The smallest absolute Gasteiger partial charge is 0.0638 e. The van der Waals surface area contributed by atoms with Crippen molar-refractivity contribution in [2.75, 3.05) is 11.5 Å². The average molecular weight is 222 g/mol. The van der Waals surface area contributed by atoms with Crippen LogP contribution in [-0.4, -0.2) is 10.7 Å². The van der Waals surface area contributed by atoms with Crippen LogP contribution in [0.4, 0.5) is 5.69 Å². The second-order valence-corrected chi connectivity index (χ2v) is 5.29. The van der Waals surface area contributed by atoms with Crippen LogP contribution >= 0.6 is 11.8 Å². The first-order chi connectivity index (χ1) is 7.36. The van der Waals surface area contributed by atoms with E-state index in [1.807, 2.05) is 24.0 Å². The summed E-state index contributed by atoms with van der Waals surface area (Å²) in [6, 6.07) is 2.02. The van der Waals surface area contributed by atoms with Crippen LogP contribution < -0.4 is 5.73 Å². The number of hydrogen-bond acceptors (Lipinski definition) is 3. The number of pyridine rings is 1. The van der Waals surface area contributed by atoms with Gasteiger partial charge in [-0.15, -0.1) is 11.8 Å². The van der Waals surface area contributed by atoms with E-state index in [4.69, 9.17) is 5.73 Å². The fourth-order valence-electron chi connectivity index (χ4n) is 2.09. The minimum atomic E-state index is 0.818. The van der Waals surface area contributed by atoms with Crippen molar-refractivity contribution >= 4 is 17.4 Å². The van der Waals surface area contributed by atoms with Gasteiger partial charge in [-0.1, -0.05) is 19.3 Å². The molecule has 0 spiro atoms. The highest BCUT2D eigenvalue weighted by molar-refractivity contribution is 7.99. The molecule has 0 radical (unpaired) electrons. The maximum absolute atomic E-state index is 5.85. The Morgan fingerprint density at radius 1 is 1.33 bits per heavy atom. The number of nitrogens with two attached hydrogens (primary N) is 1. The molecule has 1 aliphatic carbocycles. The first-order valence-corrected chi connectivity index (χ1v) is 6.67. The number of anilines is 1. The Kier molecular flexibility index (Phi) is 3.89. The Morgan fingerprint density at radius 2 is 2.13 bits per heavy atom. The third kappa shape index (κ3) is 3.13. The van der Waals surface area contributed by atoms with E-state index in [9.17, 15) is 0 Å². The molecular weight excluding hydrogens is 204 g/mol. The molecule has 0 saturated heterocycles. The van der Waals surface area contributed by atoms with E-state index >= 15 is 0 Å².